The molecule has 0 radical (unpaired) electrons. The Balaban J connectivity index is 1.88. The van der Waals surface area contributed by atoms with Crippen molar-refractivity contribution in [2.45, 2.75) is 45.4 Å². The second kappa shape index (κ2) is 5.55. The van der Waals surface area contributed by atoms with E-state index in [9.17, 15) is 9.59 Å². The molecule has 2 saturated carbocycles. The van der Waals surface area contributed by atoms with Gasteiger partial charge >= 0.3 is 5.97 Å². The van der Waals surface area contributed by atoms with Gasteiger partial charge in [-0.15, -0.1) is 0 Å². The molecule has 18 heavy (non-hydrogen) atoms. The molecule has 100 valence electrons. The Morgan fingerprint density at radius 2 is 1.89 bits per heavy atom. The van der Waals surface area contributed by atoms with Gasteiger partial charge in [-0.25, -0.2) is 4.79 Å². The number of ketones is 1. The molecule has 0 unspecified atom stereocenters. The Bertz CT molecular complexity index is 379. The number of hydrogen-bond acceptors (Lipinski definition) is 3. The second-order valence-electron chi connectivity index (χ2n) is 5.56. The van der Waals surface area contributed by atoms with Gasteiger partial charge in [0, 0.05) is 5.92 Å². The molecular weight excluding hydrogens is 230 g/mol. The summed E-state index contributed by atoms with van der Waals surface area (Å²) in [5.74, 6) is 0.0218. The fourth-order valence-electron chi connectivity index (χ4n) is 2.32. The van der Waals surface area contributed by atoms with E-state index in [1.807, 2.05) is 6.92 Å². The predicted octanol–water partition coefficient (Wildman–Crippen LogP) is 2.10. The van der Waals surface area contributed by atoms with E-state index in [4.69, 9.17) is 5.11 Å². The van der Waals surface area contributed by atoms with Crippen molar-refractivity contribution in [3.8, 4) is 0 Å². The summed E-state index contributed by atoms with van der Waals surface area (Å²) in [7, 11) is 0. The van der Waals surface area contributed by atoms with Crippen molar-refractivity contribution in [1.29, 1.82) is 0 Å². The highest BCUT2D eigenvalue weighted by molar-refractivity contribution is 5.89. The van der Waals surface area contributed by atoms with Crippen molar-refractivity contribution in [1.82, 2.24) is 5.32 Å². The van der Waals surface area contributed by atoms with Crippen molar-refractivity contribution >= 4 is 11.8 Å². The van der Waals surface area contributed by atoms with E-state index in [0.717, 1.165) is 31.3 Å². The molecule has 0 aromatic carbocycles. The number of carboxylic acids is 1. The van der Waals surface area contributed by atoms with E-state index < -0.39 is 5.97 Å². The lowest BCUT2D eigenvalue weighted by molar-refractivity contribution is -0.133. The van der Waals surface area contributed by atoms with Crippen LogP contribution in [0.1, 0.15) is 45.4 Å². The minimum atomic E-state index is -0.949. The van der Waals surface area contributed by atoms with Gasteiger partial charge in [0.2, 0.25) is 0 Å². The largest absolute Gasteiger partial charge is 0.477 e. The highest BCUT2D eigenvalue weighted by Gasteiger charge is 2.26. The summed E-state index contributed by atoms with van der Waals surface area (Å²) in [5.41, 5.74) is 1.10. The van der Waals surface area contributed by atoms with E-state index in [1.165, 1.54) is 12.8 Å². The van der Waals surface area contributed by atoms with Gasteiger partial charge in [-0.3, -0.25) is 4.79 Å². The lowest BCUT2D eigenvalue weighted by atomic mass is 9.82. The molecule has 2 N–H and O–H groups in total. The first-order valence-electron chi connectivity index (χ1n) is 6.77. The number of hydrogen-bond donors (Lipinski definition) is 2. The third kappa shape index (κ3) is 3.34. The maximum Gasteiger partial charge on any atom is 0.351 e. The van der Waals surface area contributed by atoms with Crippen molar-refractivity contribution < 1.29 is 14.7 Å². The van der Waals surface area contributed by atoms with E-state index in [1.54, 1.807) is 0 Å². The molecule has 0 amide bonds. The highest BCUT2D eigenvalue weighted by Crippen LogP contribution is 2.35. The second-order valence-corrected chi connectivity index (χ2v) is 5.56. The first kappa shape index (κ1) is 13.1. The quantitative estimate of drug-likeness (QED) is 0.680. The maximum atomic E-state index is 11.7. The van der Waals surface area contributed by atoms with Crippen LogP contribution in [0, 0.1) is 11.8 Å². The lowest BCUT2D eigenvalue weighted by Crippen LogP contribution is -2.33. The smallest absolute Gasteiger partial charge is 0.351 e. The van der Waals surface area contributed by atoms with Crippen LogP contribution in [0.5, 0.6) is 0 Å². The average Bonchev–Trinajstić information content (AvgIpc) is 2.98. The molecule has 0 atom stereocenters. The van der Waals surface area contributed by atoms with Crippen LogP contribution >= 0.6 is 0 Å². The molecule has 2 rings (SSSR count). The first-order valence-corrected chi connectivity index (χ1v) is 6.77. The lowest BCUT2D eigenvalue weighted by Gasteiger charge is -2.24. The van der Waals surface area contributed by atoms with Gasteiger partial charge in [0.25, 0.3) is 0 Å². The van der Waals surface area contributed by atoms with Gasteiger partial charge in [0.05, 0.1) is 6.54 Å². The number of Topliss-reactive ketones (excluding diaryl/α,β-unsaturated/α-hetero) is 1. The zero-order chi connectivity index (χ0) is 13.1. The van der Waals surface area contributed by atoms with Gasteiger partial charge in [0.15, 0.2) is 5.78 Å². The van der Waals surface area contributed by atoms with E-state index in [0.29, 0.717) is 5.92 Å². The van der Waals surface area contributed by atoms with E-state index in [2.05, 4.69) is 5.32 Å². The molecule has 0 bridgehead atoms. The van der Waals surface area contributed by atoms with Crippen molar-refractivity contribution in [3.05, 3.63) is 11.3 Å². The molecule has 2 fully saturated rings. The van der Waals surface area contributed by atoms with Crippen molar-refractivity contribution in [2.75, 3.05) is 6.54 Å². The Morgan fingerprint density at radius 3 is 2.33 bits per heavy atom. The van der Waals surface area contributed by atoms with Crippen molar-refractivity contribution in [3.63, 3.8) is 0 Å². The number of carbonyl (C=O) groups is 2. The summed E-state index contributed by atoms with van der Waals surface area (Å²) in [6, 6.07) is 0. The predicted molar refractivity (Wildman–Crippen MR) is 68.0 cm³/mol. The zero-order valence-corrected chi connectivity index (χ0v) is 10.9. The summed E-state index contributed by atoms with van der Waals surface area (Å²) < 4.78 is 0. The molecule has 2 aliphatic carbocycles. The van der Waals surface area contributed by atoms with Gasteiger partial charge in [-0.1, -0.05) is 6.42 Å². The molecule has 0 heterocycles. The molecule has 4 nitrogen and oxygen atoms in total. The summed E-state index contributed by atoms with van der Waals surface area (Å²) in [4.78, 5) is 22.9. The minimum Gasteiger partial charge on any atom is -0.477 e. The summed E-state index contributed by atoms with van der Waals surface area (Å²) in [6.07, 6.45) is 6.29. The Labute approximate surface area is 107 Å². The van der Waals surface area contributed by atoms with E-state index in [-0.39, 0.29) is 23.9 Å². The highest BCUT2D eigenvalue weighted by atomic mass is 16.4. The van der Waals surface area contributed by atoms with Crippen LogP contribution in [-0.2, 0) is 9.59 Å². The van der Waals surface area contributed by atoms with Crippen LogP contribution in [-0.4, -0.2) is 23.4 Å². The third-order valence-electron chi connectivity index (χ3n) is 3.93. The minimum absolute atomic E-state index is 0.152. The maximum absolute atomic E-state index is 11.7. The molecular formula is C14H21NO3. The van der Waals surface area contributed by atoms with Gasteiger partial charge in [-0.2, -0.15) is 0 Å². The number of nitrogens with one attached hydrogen (secondary N) is 1. The van der Waals surface area contributed by atoms with Crippen LogP contribution in [0.3, 0.4) is 0 Å². The molecule has 0 saturated heterocycles. The fourth-order valence-corrected chi connectivity index (χ4v) is 2.32. The van der Waals surface area contributed by atoms with Crippen LogP contribution < -0.4 is 5.32 Å². The number of allylic oxidation sites excluding steroid dienone is 1. The average molecular weight is 251 g/mol. The summed E-state index contributed by atoms with van der Waals surface area (Å²) >= 11 is 0. The van der Waals surface area contributed by atoms with Crippen LogP contribution in [0.4, 0.5) is 0 Å². The van der Waals surface area contributed by atoms with Crippen LogP contribution in [0.15, 0.2) is 11.3 Å². The summed E-state index contributed by atoms with van der Waals surface area (Å²) in [5, 5.41) is 12.0. The van der Waals surface area contributed by atoms with Gasteiger partial charge in [0.1, 0.15) is 5.70 Å². The van der Waals surface area contributed by atoms with Crippen LogP contribution in [0.2, 0.25) is 0 Å². The molecule has 0 aromatic rings. The molecule has 0 spiro atoms. The van der Waals surface area contributed by atoms with Gasteiger partial charge in [-0.05, 0) is 50.5 Å². The molecule has 4 heteroatoms. The Morgan fingerprint density at radius 1 is 1.22 bits per heavy atom. The summed E-state index contributed by atoms with van der Waals surface area (Å²) in [6.45, 7) is 2.01. The Hall–Kier alpha value is -1.32. The topological polar surface area (TPSA) is 66.4 Å². The molecule has 0 aliphatic heterocycles. The van der Waals surface area contributed by atoms with Crippen LogP contribution in [0.25, 0.3) is 0 Å². The zero-order valence-electron chi connectivity index (χ0n) is 10.9. The first-order chi connectivity index (χ1) is 8.58. The fraction of sp³-hybridized carbons (Fsp3) is 0.714. The number of rotatable bonds is 7. The molecule has 0 aromatic heterocycles. The molecule has 2 aliphatic rings. The number of carbonyl (C=O) groups excluding carboxylic acids is 1. The number of carboxylic acid groups (broad SMARTS) is 1. The monoisotopic (exact) mass is 251 g/mol. The SMILES string of the molecule is C/C(CC1CC1)=C(/NCC(=O)C1CCC1)C(=O)O. The number of aliphatic carboxylic acids is 1. The van der Waals surface area contributed by atoms with E-state index >= 15 is 0 Å². The van der Waals surface area contributed by atoms with Crippen molar-refractivity contribution in [2.24, 2.45) is 11.8 Å². The third-order valence-corrected chi connectivity index (χ3v) is 3.93. The Kier molecular flexibility index (Phi) is 4.04. The van der Waals surface area contributed by atoms with Gasteiger partial charge < -0.3 is 10.4 Å². The normalized spacial score (nSPS) is 20.9. The standard InChI is InChI=1S/C14H21NO3/c1-9(7-10-5-6-10)13(14(17)18)15-8-12(16)11-3-2-4-11/h10-11,15H,2-8H2,1H3,(H,17,18)/b13-9-.